The maximum absolute atomic E-state index is 12.2. The summed E-state index contributed by atoms with van der Waals surface area (Å²) >= 11 is 0. The Balaban J connectivity index is 1.35. The molecule has 1 aliphatic rings. The zero-order chi connectivity index (χ0) is 26.2. The Hall–Kier alpha value is -4.27. The molecule has 37 heavy (non-hydrogen) atoms. The van der Waals surface area contributed by atoms with Crippen LogP contribution in [0.4, 0.5) is 11.6 Å². The molecule has 1 aromatic carbocycles. The van der Waals surface area contributed by atoms with Gasteiger partial charge in [-0.05, 0) is 50.8 Å². The van der Waals surface area contributed by atoms with E-state index in [0.29, 0.717) is 11.7 Å². The van der Waals surface area contributed by atoms with Crippen molar-refractivity contribution in [2.24, 2.45) is 7.05 Å². The molecule has 4 aromatic rings. The number of aromatic nitrogens is 5. The number of carbonyl (C=O) groups excluding carboxylic acids is 1. The number of anilines is 2. The van der Waals surface area contributed by atoms with Crippen molar-refractivity contribution in [3.63, 3.8) is 0 Å². The summed E-state index contributed by atoms with van der Waals surface area (Å²) < 4.78 is 12.6. The van der Waals surface area contributed by atoms with Gasteiger partial charge in [-0.2, -0.15) is 10.1 Å². The van der Waals surface area contributed by atoms with Gasteiger partial charge < -0.3 is 14.8 Å². The summed E-state index contributed by atoms with van der Waals surface area (Å²) in [7, 11) is 3.30. The van der Waals surface area contributed by atoms with Gasteiger partial charge in [0.2, 0.25) is 5.88 Å². The first kappa shape index (κ1) is 24.4. The monoisotopic (exact) mass is 498 g/mol. The van der Waals surface area contributed by atoms with Crippen LogP contribution in [0.3, 0.4) is 0 Å². The Kier molecular flexibility index (Phi) is 6.15. The first-order valence-electron chi connectivity index (χ1n) is 12.1. The van der Waals surface area contributed by atoms with Gasteiger partial charge in [0.25, 0.3) is 0 Å². The standard InChI is InChI=1S/C28H30N6O3/c1-27(2,3)37-24-17-29-16-23(32-24)33-25-21(15-31-34(25)4)22-11-8-19(14-30-22)18-6-9-20(10-7-18)28(12-13-28)26(35)36-5/h6-11,14-17H,12-13H2,1-5H3,(H,32,33). The molecule has 0 bridgehead atoms. The highest BCUT2D eigenvalue weighted by Crippen LogP contribution is 2.49. The Labute approximate surface area is 215 Å². The van der Waals surface area contributed by atoms with Gasteiger partial charge >= 0.3 is 5.97 Å². The third-order valence-corrected chi connectivity index (χ3v) is 6.34. The number of carbonyl (C=O) groups is 1. The van der Waals surface area contributed by atoms with E-state index in [-0.39, 0.29) is 11.6 Å². The van der Waals surface area contributed by atoms with Gasteiger partial charge in [0, 0.05) is 18.8 Å². The minimum absolute atomic E-state index is 0.161. The lowest BCUT2D eigenvalue weighted by atomic mass is 9.94. The molecule has 9 nitrogen and oxygen atoms in total. The fraction of sp³-hybridized carbons (Fsp3) is 0.321. The van der Waals surface area contributed by atoms with E-state index in [1.54, 1.807) is 23.3 Å². The summed E-state index contributed by atoms with van der Waals surface area (Å²) in [6, 6.07) is 12.1. The van der Waals surface area contributed by atoms with Crippen LogP contribution in [-0.2, 0) is 22.0 Å². The van der Waals surface area contributed by atoms with Crippen LogP contribution in [0.5, 0.6) is 5.88 Å². The predicted molar refractivity (Wildman–Crippen MR) is 140 cm³/mol. The van der Waals surface area contributed by atoms with Crippen molar-refractivity contribution in [2.75, 3.05) is 12.4 Å². The van der Waals surface area contributed by atoms with Crippen molar-refractivity contribution in [1.29, 1.82) is 0 Å². The van der Waals surface area contributed by atoms with Gasteiger partial charge in [0.1, 0.15) is 11.4 Å². The van der Waals surface area contributed by atoms with E-state index >= 15 is 0 Å². The topological polar surface area (TPSA) is 104 Å². The molecule has 190 valence electrons. The smallest absolute Gasteiger partial charge is 0.316 e. The van der Waals surface area contributed by atoms with E-state index < -0.39 is 5.41 Å². The normalized spacial score (nSPS) is 14.2. The third-order valence-electron chi connectivity index (χ3n) is 6.34. The lowest BCUT2D eigenvalue weighted by Crippen LogP contribution is -2.23. The average molecular weight is 499 g/mol. The van der Waals surface area contributed by atoms with Gasteiger partial charge in [-0.25, -0.2) is 0 Å². The number of hydrogen-bond acceptors (Lipinski definition) is 8. The number of esters is 1. The van der Waals surface area contributed by atoms with Crippen LogP contribution in [0.15, 0.2) is 61.2 Å². The summed E-state index contributed by atoms with van der Waals surface area (Å²) in [5.41, 5.74) is 3.77. The van der Waals surface area contributed by atoms with Gasteiger partial charge in [0.05, 0.1) is 42.4 Å². The van der Waals surface area contributed by atoms with Gasteiger partial charge in [-0.3, -0.25) is 19.4 Å². The van der Waals surface area contributed by atoms with Crippen LogP contribution in [0.1, 0.15) is 39.2 Å². The fourth-order valence-electron chi connectivity index (χ4n) is 4.30. The molecule has 0 amide bonds. The number of aryl methyl sites for hydroxylation is 1. The van der Waals surface area contributed by atoms with Crippen LogP contribution in [0, 0.1) is 0 Å². The molecule has 5 rings (SSSR count). The van der Waals surface area contributed by atoms with Gasteiger partial charge in [-0.15, -0.1) is 0 Å². The van der Waals surface area contributed by atoms with E-state index in [0.717, 1.165) is 46.6 Å². The highest BCUT2D eigenvalue weighted by atomic mass is 16.5. The van der Waals surface area contributed by atoms with Crippen molar-refractivity contribution >= 4 is 17.6 Å². The molecule has 3 heterocycles. The van der Waals surface area contributed by atoms with Gasteiger partial charge in [0.15, 0.2) is 5.82 Å². The third kappa shape index (κ3) is 5.02. The molecule has 0 aliphatic heterocycles. The Morgan fingerprint density at radius 3 is 2.35 bits per heavy atom. The van der Waals surface area contributed by atoms with E-state index in [9.17, 15) is 4.79 Å². The predicted octanol–water partition coefficient (Wildman–Crippen LogP) is 5.06. The Morgan fingerprint density at radius 2 is 1.73 bits per heavy atom. The lowest BCUT2D eigenvalue weighted by Gasteiger charge is -2.20. The molecule has 0 saturated heterocycles. The second kappa shape index (κ2) is 9.31. The molecule has 3 aromatic heterocycles. The number of nitrogens with one attached hydrogen (secondary N) is 1. The summed E-state index contributed by atoms with van der Waals surface area (Å²) in [5, 5.41) is 7.71. The quantitative estimate of drug-likeness (QED) is 0.353. The number of benzene rings is 1. The van der Waals surface area contributed by atoms with Crippen molar-refractivity contribution in [3.8, 4) is 28.3 Å². The van der Waals surface area contributed by atoms with E-state index in [4.69, 9.17) is 14.5 Å². The SMILES string of the molecule is COC(=O)C1(c2ccc(-c3ccc(-c4cnn(C)c4Nc4cncc(OC(C)(C)C)n4)nc3)cc2)CC1. The summed E-state index contributed by atoms with van der Waals surface area (Å²) in [6.07, 6.45) is 8.49. The molecule has 9 heteroatoms. The molecule has 1 saturated carbocycles. The lowest BCUT2D eigenvalue weighted by molar-refractivity contribution is -0.143. The molecule has 0 atom stereocenters. The first-order chi connectivity index (χ1) is 17.7. The minimum atomic E-state index is -0.470. The fourth-order valence-corrected chi connectivity index (χ4v) is 4.30. The van der Waals surface area contributed by atoms with Gasteiger partial charge in [-0.1, -0.05) is 30.3 Å². The highest BCUT2D eigenvalue weighted by Gasteiger charge is 2.52. The second-order valence-electron chi connectivity index (χ2n) is 10.2. The van der Waals surface area contributed by atoms with Crippen molar-refractivity contribution in [1.82, 2.24) is 24.7 Å². The first-order valence-corrected chi connectivity index (χ1v) is 12.1. The molecular formula is C28H30N6O3. The summed E-state index contributed by atoms with van der Waals surface area (Å²) in [6.45, 7) is 5.89. The zero-order valence-corrected chi connectivity index (χ0v) is 21.6. The maximum atomic E-state index is 12.2. The average Bonchev–Trinajstić information content (AvgIpc) is 3.62. The molecule has 0 unspecified atom stereocenters. The molecular weight excluding hydrogens is 468 g/mol. The van der Waals surface area contributed by atoms with Crippen LogP contribution >= 0.6 is 0 Å². The number of rotatable bonds is 7. The number of methoxy groups -OCH3 is 1. The zero-order valence-electron chi connectivity index (χ0n) is 21.6. The largest absolute Gasteiger partial charge is 0.471 e. The molecule has 1 N–H and O–H groups in total. The van der Waals surface area contributed by atoms with E-state index in [1.807, 2.05) is 70.4 Å². The second-order valence-corrected chi connectivity index (χ2v) is 10.2. The Morgan fingerprint density at radius 1 is 1.00 bits per heavy atom. The van der Waals surface area contributed by atoms with E-state index in [1.165, 1.54) is 7.11 Å². The Bertz CT molecular complexity index is 1420. The van der Waals surface area contributed by atoms with E-state index in [2.05, 4.69) is 20.4 Å². The molecule has 0 radical (unpaired) electrons. The number of ether oxygens (including phenoxy) is 2. The number of hydrogen-bond donors (Lipinski definition) is 1. The van der Waals surface area contributed by atoms with Crippen LogP contribution < -0.4 is 10.1 Å². The highest BCUT2D eigenvalue weighted by molar-refractivity contribution is 5.86. The summed E-state index contributed by atoms with van der Waals surface area (Å²) in [5.74, 6) is 1.56. The van der Waals surface area contributed by atoms with Crippen molar-refractivity contribution in [2.45, 2.75) is 44.6 Å². The van der Waals surface area contributed by atoms with Crippen LogP contribution in [0.25, 0.3) is 22.4 Å². The van der Waals surface area contributed by atoms with Crippen LogP contribution in [-0.4, -0.2) is 43.4 Å². The molecule has 1 aliphatic carbocycles. The van der Waals surface area contributed by atoms with Crippen molar-refractivity contribution in [3.05, 3.63) is 66.7 Å². The number of nitrogens with zero attached hydrogens (tertiary/aromatic N) is 5. The minimum Gasteiger partial charge on any atom is -0.471 e. The molecule has 0 spiro atoms. The molecule has 1 fully saturated rings. The number of pyridine rings is 1. The summed E-state index contributed by atoms with van der Waals surface area (Å²) in [4.78, 5) is 25.7. The maximum Gasteiger partial charge on any atom is 0.316 e. The van der Waals surface area contributed by atoms with Crippen molar-refractivity contribution < 1.29 is 14.3 Å². The van der Waals surface area contributed by atoms with Crippen LogP contribution in [0.2, 0.25) is 0 Å².